The maximum atomic E-state index is 12.8. The average molecular weight is 456 g/mol. The lowest BCUT2D eigenvalue weighted by atomic mass is 10.1. The number of aromatic nitrogens is 3. The number of amides is 1. The number of nitrogens with zero attached hydrogens (tertiary/aromatic N) is 4. The van der Waals surface area contributed by atoms with Gasteiger partial charge in [-0.1, -0.05) is 43.1 Å². The van der Waals surface area contributed by atoms with Crippen LogP contribution in [0.1, 0.15) is 32.5 Å². The van der Waals surface area contributed by atoms with Crippen molar-refractivity contribution in [1.29, 1.82) is 0 Å². The summed E-state index contributed by atoms with van der Waals surface area (Å²) in [5, 5.41) is 9.27. The molecular formula is C20H27Cl2N5O3. The fraction of sp³-hybridized carbons (Fsp3) is 0.450. The van der Waals surface area contributed by atoms with Crippen LogP contribution in [0.3, 0.4) is 0 Å². The Labute approximate surface area is 186 Å². The number of carbonyl (C=O) groups excluding carboxylic acids is 1. The molecule has 2 aromatic rings. The van der Waals surface area contributed by atoms with Gasteiger partial charge in [0.2, 0.25) is 0 Å². The lowest BCUT2D eigenvalue weighted by molar-refractivity contribution is -0.174. The number of nitrogens with one attached hydrogen (secondary N) is 1. The zero-order chi connectivity index (χ0) is 22.4. The van der Waals surface area contributed by atoms with Crippen LogP contribution in [0.15, 0.2) is 29.6 Å². The number of hydrogen-bond acceptors (Lipinski definition) is 5. The van der Waals surface area contributed by atoms with Gasteiger partial charge in [0.1, 0.15) is 11.9 Å². The molecule has 1 unspecified atom stereocenters. The molecule has 1 amide bonds. The van der Waals surface area contributed by atoms with Crippen molar-refractivity contribution in [2.45, 2.75) is 46.2 Å². The standard InChI is InChI=1S/C20H27Cl2N5O3/c1-6-9-25-13(4)24-27(20(25)29)18-12-17(14(21)11-15(18)22)23-16(8-3)19(28)26(30-5)10-7-2/h7,11-12,16,23H,2,6,8-10H2,1,3-5H3. The van der Waals surface area contributed by atoms with E-state index in [9.17, 15) is 9.59 Å². The van der Waals surface area contributed by atoms with E-state index < -0.39 is 6.04 Å². The second-order valence-electron chi connectivity index (χ2n) is 6.65. The predicted molar refractivity (Wildman–Crippen MR) is 119 cm³/mol. The van der Waals surface area contributed by atoms with E-state index in [0.29, 0.717) is 35.2 Å². The number of carbonyl (C=O) groups is 1. The lowest BCUT2D eigenvalue weighted by Crippen LogP contribution is -2.42. The Balaban J connectivity index is 2.44. The summed E-state index contributed by atoms with van der Waals surface area (Å²) >= 11 is 12.7. The normalized spacial score (nSPS) is 11.9. The van der Waals surface area contributed by atoms with E-state index in [1.807, 2.05) is 13.8 Å². The van der Waals surface area contributed by atoms with E-state index in [1.165, 1.54) is 22.9 Å². The van der Waals surface area contributed by atoms with E-state index >= 15 is 0 Å². The first-order valence-electron chi connectivity index (χ1n) is 9.67. The molecule has 0 bridgehead atoms. The molecule has 0 aliphatic heterocycles. The molecule has 0 saturated carbocycles. The third-order valence-electron chi connectivity index (χ3n) is 4.56. The maximum Gasteiger partial charge on any atom is 0.350 e. The molecule has 1 N–H and O–H groups in total. The zero-order valence-corrected chi connectivity index (χ0v) is 19.1. The van der Waals surface area contributed by atoms with Gasteiger partial charge in [-0.15, -0.1) is 6.58 Å². The van der Waals surface area contributed by atoms with E-state index in [-0.39, 0.29) is 23.2 Å². The highest BCUT2D eigenvalue weighted by Gasteiger charge is 2.24. The van der Waals surface area contributed by atoms with E-state index in [4.69, 9.17) is 28.0 Å². The van der Waals surface area contributed by atoms with Crippen molar-refractivity contribution < 1.29 is 9.63 Å². The Morgan fingerprint density at radius 3 is 2.63 bits per heavy atom. The Morgan fingerprint density at radius 2 is 2.07 bits per heavy atom. The van der Waals surface area contributed by atoms with Gasteiger partial charge in [0.05, 0.1) is 35.1 Å². The third-order valence-corrected chi connectivity index (χ3v) is 5.17. The van der Waals surface area contributed by atoms with Crippen molar-refractivity contribution in [3.63, 3.8) is 0 Å². The summed E-state index contributed by atoms with van der Waals surface area (Å²) in [5.41, 5.74) is 0.549. The lowest BCUT2D eigenvalue weighted by Gasteiger charge is -2.25. The molecule has 1 heterocycles. The summed E-state index contributed by atoms with van der Waals surface area (Å²) in [7, 11) is 1.42. The van der Waals surface area contributed by atoms with Gasteiger partial charge in [-0.3, -0.25) is 14.2 Å². The van der Waals surface area contributed by atoms with Crippen LogP contribution in [0, 0.1) is 6.92 Å². The largest absolute Gasteiger partial charge is 0.372 e. The molecule has 1 aromatic carbocycles. The van der Waals surface area contributed by atoms with Crippen LogP contribution in [-0.4, -0.2) is 45.0 Å². The number of aryl methyl sites for hydroxylation is 1. The number of anilines is 1. The summed E-state index contributed by atoms with van der Waals surface area (Å²) in [6, 6.07) is 2.54. The molecule has 0 aliphatic carbocycles. The fourth-order valence-electron chi connectivity index (χ4n) is 3.01. The van der Waals surface area contributed by atoms with Gasteiger partial charge in [-0.05, 0) is 31.9 Å². The number of halogens is 2. The summed E-state index contributed by atoms with van der Waals surface area (Å²) < 4.78 is 2.83. The second-order valence-corrected chi connectivity index (χ2v) is 7.47. The first-order valence-corrected chi connectivity index (χ1v) is 10.4. The summed E-state index contributed by atoms with van der Waals surface area (Å²) in [4.78, 5) is 30.7. The van der Waals surface area contributed by atoms with Crippen LogP contribution in [0.5, 0.6) is 0 Å². The molecule has 30 heavy (non-hydrogen) atoms. The SMILES string of the molecule is C=CCN(OC)C(=O)C(CC)Nc1cc(-n2nc(C)n(CCC)c2=O)c(Cl)cc1Cl. The van der Waals surface area contributed by atoms with Gasteiger partial charge in [0, 0.05) is 6.54 Å². The zero-order valence-electron chi connectivity index (χ0n) is 17.6. The van der Waals surface area contributed by atoms with Gasteiger partial charge >= 0.3 is 5.69 Å². The van der Waals surface area contributed by atoms with Crippen LogP contribution in [0.2, 0.25) is 10.0 Å². The maximum absolute atomic E-state index is 12.8. The van der Waals surface area contributed by atoms with E-state index in [2.05, 4.69) is 17.0 Å². The highest BCUT2D eigenvalue weighted by Crippen LogP contribution is 2.31. The summed E-state index contributed by atoms with van der Waals surface area (Å²) in [5.74, 6) is 0.317. The minimum atomic E-state index is -0.604. The number of hydrogen-bond donors (Lipinski definition) is 1. The number of benzene rings is 1. The molecule has 0 spiro atoms. The predicted octanol–water partition coefficient (Wildman–Crippen LogP) is 3.83. The van der Waals surface area contributed by atoms with Crippen molar-refractivity contribution >= 4 is 34.8 Å². The topological polar surface area (TPSA) is 81.4 Å². The Bertz CT molecular complexity index is 970. The van der Waals surface area contributed by atoms with Crippen LogP contribution in [-0.2, 0) is 16.2 Å². The second kappa shape index (κ2) is 10.7. The average Bonchev–Trinajstić information content (AvgIpc) is 2.99. The fourth-order valence-corrected chi connectivity index (χ4v) is 3.53. The van der Waals surface area contributed by atoms with Crippen molar-refractivity contribution in [3.8, 4) is 5.69 Å². The van der Waals surface area contributed by atoms with Crippen LogP contribution < -0.4 is 11.0 Å². The van der Waals surface area contributed by atoms with Gasteiger partial charge in [0.15, 0.2) is 0 Å². The highest BCUT2D eigenvalue weighted by atomic mass is 35.5. The van der Waals surface area contributed by atoms with E-state index in [1.54, 1.807) is 23.6 Å². The van der Waals surface area contributed by atoms with Gasteiger partial charge < -0.3 is 5.32 Å². The molecule has 0 saturated heterocycles. The van der Waals surface area contributed by atoms with E-state index in [0.717, 1.165) is 6.42 Å². The Hall–Kier alpha value is -2.29. The minimum Gasteiger partial charge on any atom is -0.372 e. The van der Waals surface area contributed by atoms with Crippen molar-refractivity contribution in [3.05, 3.63) is 51.1 Å². The van der Waals surface area contributed by atoms with Gasteiger partial charge in [0.25, 0.3) is 5.91 Å². The molecule has 1 aromatic heterocycles. The Morgan fingerprint density at radius 1 is 1.37 bits per heavy atom. The summed E-state index contributed by atoms with van der Waals surface area (Å²) in [6.45, 7) is 10.0. The smallest absolute Gasteiger partial charge is 0.350 e. The molecule has 1 atom stereocenters. The highest BCUT2D eigenvalue weighted by molar-refractivity contribution is 6.37. The minimum absolute atomic E-state index is 0.247. The third kappa shape index (κ3) is 5.06. The number of rotatable bonds is 10. The van der Waals surface area contributed by atoms with Gasteiger partial charge in [-0.2, -0.15) is 9.78 Å². The first-order chi connectivity index (χ1) is 14.3. The van der Waals surface area contributed by atoms with Crippen LogP contribution in [0.25, 0.3) is 5.69 Å². The van der Waals surface area contributed by atoms with Crippen molar-refractivity contribution in [1.82, 2.24) is 19.4 Å². The van der Waals surface area contributed by atoms with Gasteiger partial charge in [-0.25, -0.2) is 9.86 Å². The monoisotopic (exact) mass is 455 g/mol. The molecule has 0 fully saturated rings. The first kappa shape index (κ1) is 24.0. The van der Waals surface area contributed by atoms with Crippen molar-refractivity contribution in [2.75, 3.05) is 19.0 Å². The molecule has 10 heteroatoms. The Kier molecular flexibility index (Phi) is 8.52. The van der Waals surface area contributed by atoms with Crippen LogP contribution in [0.4, 0.5) is 5.69 Å². The molecule has 0 radical (unpaired) electrons. The molecule has 164 valence electrons. The van der Waals surface area contributed by atoms with Crippen molar-refractivity contribution in [2.24, 2.45) is 0 Å². The quantitative estimate of drug-likeness (QED) is 0.434. The summed E-state index contributed by atoms with van der Waals surface area (Å²) in [6.07, 6.45) is 2.85. The molecule has 0 aliphatic rings. The molecule has 2 rings (SSSR count). The number of hydroxylamine groups is 2. The van der Waals surface area contributed by atoms with Crippen LogP contribution >= 0.6 is 23.2 Å². The molecular weight excluding hydrogens is 429 g/mol. The molecule has 8 nitrogen and oxygen atoms in total.